The van der Waals surface area contributed by atoms with E-state index in [0.717, 1.165) is 6.61 Å². The summed E-state index contributed by atoms with van der Waals surface area (Å²) < 4.78 is 6.96. The molecule has 1 heterocycles. The van der Waals surface area contributed by atoms with Gasteiger partial charge in [0.25, 0.3) is 5.56 Å². The summed E-state index contributed by atoms with van der Waals surface area (Å²) >= 11 is 0. The molecule has 2 N–H and O–H groups in total. The molecule has 1 aromatic rings. The number of hydrogen-bond acceptors (Lipinski definition) is 3. The molecule has 0 spiro atoms. The highest BCUT2D eigenvalue weighted by molar-refractivity contribution is 5.33. The maximum absolute atomic E-state index is 11.4. The minimum absolute atomic E-state index is 0.0441. The zero-order valence-electron chi connectivity index (χ0n) is 9.27. The van der Waals surface area contributed by atoms with Crippen molar-refractivity contribution in [3.8, 4) is 0 Å². The highest BCUT2D eigenvalue weighted by Crippen LogP contribution is 1.96. The van der Waals surface area contributed by atoms with Crippen LogP contribution in [0, 0.1) is 5.92 Å². The second kappa shape index (κ2) is 5.56. The van der Waals surface area contributed by atoms with Crippen LogP contribution in [0.4, 0.5) is 5.69 Å². The highest BCUT2D eigenvalue weighted by Gasteiger charge is 1.97. The molecule has 15 heavy (non-hydrogen) atoms. The Morgan fingerprint density at radius 3 is 2.87 bits per heavy atom. The molecule has 1 aromatic heterocycles. The van der Waals surface area contributed by atoms with Crippen molar-refractivity contribution in [3.63, 3.8) is 0 Å². The monoisotopic (exact) mass is 210 g/mol. The van der Waals surface area contributed by atoms with Gasteiger partial charge in [-0.15, -0.1) is 0 Å². The second-order valence-corrected chi connectivity index (χ2v) is 3.96. The fourth-order valence-corrected chi connectivity index (χ4v) is 1.21. The van der Waals surface area contributed by atoms with Crippen LogP contribution >= 0.6 is 0 Å². The van der Waals surface area contributed by atoms with Gasteiger partial charge in [-0.25, -0.2) is 0 Å². The number of rotatable bonds is 5. The molecule has 0 amide bonds. The van der Waals surface area contributed by atoms with Gasteiger partial charge in [0.1, 0.15) is 0 Å². The normalized spacial score (nSPS) is 10.9. The van der Waals surface area contributed by atoms with E-state index in [-0.39, 0.29) is 5.56 Å². The summed E-state index contributed by atoms with van der Waals surface area (Å²) in [6.07, 6.45) is 1.64. The summed E-state index contributed by atoms with van der Waals surface area (Å²) in [7, 11) is 0. The van der Waals surface area contributed by atoms with Gasteiger partial charge in [-0.1, -0.05) is 13.8 Å². The topological polar surface area (TPSA) is 57.2 Å². The van der Waals surface area contributed by atoms with Crippen LogP contribution in [0.2, 0.25) is 0 Å². The molecule has 0 unspecified atom stereocenters. The number of nitrogens with two attached hydrogens (primary N) is 1. The maximum Gasteiger partial charge on any atom is 0.250 e. The van der Waals surface area contributed by atoms with E-state index in [4.69, 9.17) is 10.5 Å². The van der Waals surface area contributed by atoms with E-state index < -0.39 is 0 Å². The second-order valence-electron chi connectivity index (χ2n) is 3.96. The molecule has 0 aliphatic heterocycles. The molecule has 0 aliphatic rings. The lowest BCUT2D eigenvalue weighted by molar-refractivity contribution is 0.102. The molecule has 0 aromatic carbocycles. The van der Waals surface area contributed by atoms with Gasteiger partial charge in [-0.05, 0) is 12.0 Å². The van der Waals surface area contributed by atoms with Crippen molar-refractivity contribution >= 4 is 5.69 Å². The number of ether oxygens (including phenoxy) is 1. The largest absolute Gasteiger partial charge is 0.398 e. The first-order valence-corrected chi connectivity index (χ1v) is 5.13. The molecule has 84 valence electrons. The molecule has 4 heteroatoms. The number of pyridine rings is 1. The van der Waals surface area contributed by atoms with Crippen molar-refractivity contribution in [3.05, 3.63) is 28.7 Å². The van der Waals surface area contributed by atoms with Gasteiger partial charge in [0.05, 0.1) is 6.61 Å². The number of hydrogen-bond donors (Lipinski definition) is 1. The van der Waals surface area contributed by atoms with E-state index in [9.17, 15) is 4.79 Å². The van der Waals surface area contributed by atoms with Crippen molar-refractivity contribution in [2.24, 2.45) is 5.92 Å². The van der Waals surface area contributed by atoms with E-state index >= 15 is 0 Å². The Morgan fingerprint density at radius 2 is 2.20 bits per heavy atom. The van der Waals surface area contributed by atoms with Crippen LogP contribution in [0.5, 0.6) is 0 Å². The van der Waals surface area contributed by atoms with Gasteiger partial charge < -0.3 is 15.0 Å². The van der Waals surface area contributed by atoms with Gasteiger partial charge in [0.2, 0.25) is 0 Å². The standard InChI is InChI=1S/C11H18N2O2/c1-9(2)8-15-6-5-13-7-10(12)3-4-11(13)14/h3-4,7,9H,5-6,8,12H2,1-2H3. The smallest absolute Gasteiger partial charge is 0.250 e. The lowest BCUT2D eigenvalue weighted by Gasteiger charge is -2.08. The van der Waals surface area contributed by atoms with Crippen molar-refractivity contribution in [2.45, 2.75) is 20.4 Å². The van der Waals surface area contributed by atoms with Crippen molar-refractivity contribution in [1.29, 1.82) is 0 Å². The average molecular weight is 210 g/mol. The van der Waals surface area contributed by atoms with Crippen LogP contribution in [0.3, 0.4) is 0 Å². The van der Waals surface area contributed by atoms with Crippen molar-refractivity contribution < 1.29 is 4.74 Å². The molecule has 4 nitrogen and oxygen atoms in total. The van der Waals surface area contributed by atoms with Gasteiger partial charge in [-0.2, -0.15) is 0 Å². The van der Waals surface area contributed by atoms with Crippen LogP contribution in [-0.4, -0.2) is 17.8 Å². The minimum atomic E-state index is -0.0441. The number of nitrogen functional groups attached to an aromatic ring is 1. The van der Waals surface area contributed by atoms with Crippen molar-refractivity contribution in [2.75, 3.05) is 18.9 Å². The summed E-state index contributed by atoms with van der Waals surface area (Å²) in [6.45, 7) is 5.99. The first-order chi connectivity index (χ1) is 7.09. The van der Waals surface area contributed by atoms with E-state index in [2.05, 4.69) is 13.8 Å². The Kier molecular flexibility index (Phi) is 4.37. The summed E-state index contributed by atoms with van der Waals surface area (Å²) in [5, 5.41) is 0. The van der Waals surface area contributed by atoms with E-state index in [1.807, 2.05) is 0 Å². The number of nitrogens with zero attached hydrogens (tertiary/aromatic N) is 1. The number of anilines is 1. The number of aromatic nitrogens is 1. The summed E-state index contributed by atoms with van der Waals surface area (Å²) in [5.41, 5.74) is 6.13. The Bertz CT molecular complexity index is 358. The van der Waals surface area contributed by atoms with Crippen LogP contribution in [0.25, 0.3) is 0 Å². The molecule has 0 fully saturated rings. The molecule has 0 bridgehead atoms. The quantitative estimate of drug-likeness (QED) is 0.740. The lowest BCUT2D eigenvalue weighted by Crippen LogP contribution is -2.21. The van der Waals surface area contributed by atoms with Gasteiger partial charge >= 0.3 is 0 Å². The molecule has 1 rings (SSSR count). The zero-order valence-corrected chi connectivity index (χ0v) is 9.27. The van der Waals surface area contributed by atoms with E-state index in [1.165, 1.54) is 6.07 Å². The lowest BCUT2D eigenvalue weighted by atomic mass is 10.2. The highest BCUT2D eigenvalue weighted by atomic mass is 16.5. The Morgan fingerprint density at radius 1 is 1.47 bits per heavy atom. The molecule has 0 aliphatic carbocycles. The van der Waals surface area contributed by atoms with Crippen molar-refractivity contribution in [1.82, 2.24) is 4.57 Å². The van der Waals surface area contributed by atoms with E-state index in [0.29, 0.717) is 24.8 Å². The Labute approximate surface area is 89.7 Å². The van der Waals surface area contributed by atoms with E-state index in [1.54, 1.807) is 16.8 Å². The first-order valence-electron chi connectivity index (χ1n) is 5.13. The molecule has 0 radical (unpaired) electrons. The third-order valence-electron chi connectivity index (χ3n) is 1.93. The Hall–Kier alpha value is -1.29. The molecular weight excluding hydrogens is 192 g/mol. The predicted octanol–water partition coefficient (Wildman–Crippen LogP) is 1.10. The third kappa shape index (κ3) is 4.16. The maximum atomic E-state index is 11.4. The molecule has 0 atom stereocenters. The first kappa shape index (κ1) is 11.8. The fourth-order valence-electron chi connectivity index (χ4n) is 1.21. The summed E-state index contributed by atoms with van der Waals surface area (Å²) in [6, 6.07) is 3.07. The Balaban J connectivity index is 2.43. The van der Waals surface area contributed by atoms with Gasteiger partial charge in [-0.3, -0.25) is 4.79 Å². The summed E-state index contributed by atoms with van der Waals surface area (Å²) in [5.74, 6) is 0.516. The fraction of sp³-hybridized carbons (Fsp3) is 0.545. The van der Waals surface area contributed by atoms with Crippen LogP contribution in [0.1, 0.15) is 13.8 Å². The van der Waals surface area contributed by atoms with Crippen LogP contribution in [-0.2, 0) is 11.3 Å². The molecule has 0 saturated heterocycles. The third-order valence-corrected chi connectivity index (χ3v) is 1.93. The minimum Gasteiger partial charge on any atom is -0.398 e. The summed E-state index contributed by atoms with van der Waals surface area (Å²) in [4.78, 5) is 11.4. The van der Waals surface area contributed by atoms with Crippen LogP contribution < -0.4 is 11.3 Å². The predicted molar refractivity (Wildman–Crippen MR) is 60.8 cm³/mol. The molecule has 0 saturated carbocycles. The van der Waals surface area contributed by atoms with Gasteiger partial charge in [0, 0.05) is 31.1 Å². The van der Waals surface area contributed by atoms with Crippen LogP contribution in [0.15, 0.2) is 23.1 Å². The zero-order chi connectivity index (χ0) is 11.3. The average Bonchev–Trinajstić information content (AvgIpc) is 2.17. The van der Waals surface area contributed by atoms with Gasteiger partial charge in [0.15, 0.2) is 0 Å². The SMILES string of the molecule is CC(C)COCCn1cc(N)ccc1=O. The molecular formula is C11H18N2O2.